The van der Waals surface area contributed by atoms with Crippen LogP contribution in [0.15, 0.2) is 6.20 Å². The van der Waals surface area contributed by atoms with E-state index in [2.05, 4.69) is 17.2 Å². The van der Waals surface area contributed by atoms with E-state index >= 15 is 0 Å². The lowest BCUT2D eigenvalue weighted by Gasteiger charge is -2.35. The average molecular weight is 272 g/mol. The number of hydrogen-bond donors (Lipinski definition) is 2. The molecule has 1 aliphatic rings. The van der Waals surface area contributed by atoms with Gasteiger partial charge in [0, 0.05) is 13.6 Å². The first kappa shape index (κ1) is 13.8. The van der Waals surface area contributed by atoms with Gasteiger partial charge in [-0.2, -0.15) is 0 Å². The van der Waals surface area contributed by atoms with Crippen molar-refractivity contribution in [3.8, 4) is 0 Å². The molecule has 5 heteroatoms. The quantitative estimate of drug-likeness (QED) is 0.882. The van der Waals surface area contributed by atoms with E-state index in [1.54, 1.807) is 6.20 Å². The molecule has 0 unspecified atom stereocenters. The average Bonchev–Trinajstić information content (AvgIpc) is 2.65. The van der Waals surface area contributed by atoms with E-state index < -0.39 is 5.60 Å². The fourth-order valence-corrected chi connectivity index (χ4v) is 2.62. The molecule has 0 aliphatic heterocycles. The van der Waals surface area contributed by atoms with Crippen molar-refractivity contribution in [1.29, 1.82) is 0 Å². The van der Waals surface area contributed by atoms with Gasteiger partial charge in [-0.3, -0.25) is 0 Å². The Morgan fingerprint density at radius 2 is 2.22 bits per heavy atom. The molecular weight excluding hydrogens is 250 g/mol. The van der Waals surface area contributed by atoms with Gasteiger partial charge in [0.1, 0.15) is 11.0 Å². The fourth-order valence-electron chi connectivity index (χ4n) is 2.47. The Balaban J connectivity index is 1.80. The summed E-state index contributed by atoms with van der Waals surface area (Å²) in [6, 6.07) is 0. The zero-order chi connectivity index (χ0) is 13.2. The van der Waals surface area contributed by atoms with Gasteiger partial charge >= 0.3 is 0 Å². The Kier molecular flexibility index (Phi) is 4.30. The molecule has 0 bridgehead atoms. The highest BCUT2D eigenvalue weighted by Gasteiger charge is 2.31. The third-order valence-electron chi connectivity index (χ3n) is 3.97. The lowest BCUT2D eigenvalue weighted by atomic mass is 9.79. The zero-order valence-electron chi connectivity index (χ0n) is 11.1. The number of aliphatic hydroxyl groups is 1. The van der Waals surface area contributed by atoms with Gasteiger partial charge < -0.3 is 15.0 Å². The van der Waals surface area contributed by atoms with Crippen molar-refractivity contribution >= 4 is 11.6 Å². The highest BCUT2D eigenvalue weighted by atomic mass is 35.5. The maximum Gasteiger partial charge on any atom is 0.128 e. The normalized spacial score (nSPS) is 28.6. The molecule has 18 heavy (non-hydrogen) atoms. The van der Waals surface area contributed by atoms with Crippen molar-refractivity contribution < 1.29 is 5.11 Å². The SMILES string of the molecule is CC1CCC(O)(CNCc2ncc(Cl)n2C)CC1. The minimum Gasteiger partial charge on any atom is -0.389 e. The minimum atomic E-state index is -0.540. The molecule has 1 aliphatic carbocycles. The molecule has 0 aromatic carbocycles. The predicted octanol–water partition coefficient (Wildman–Crippen LogP) is 2.10. The molecule has 0 saturated heterocycles. The number of rotatable bonds is 4. The smallest absolute Gasteiger partial charge is 0.128 e. The largest absolute Gasteiger partial charge is 0.389 e. The Morgan fingerprint density at radius 3 is 2.78 bits per heavy atom. The Labute approximate surface area is 113 Å². The Hall–Kier alpha value is -0.580. The second-order valence-electron chi connectivity index (χ2n) is 5.57. The summed E-state index contributed by atoms with van der Waals surface area (Å²) in [5, 5.41) is 14.4. The number of halogens is 1. The van der Waals surface area contributed by atoms with Crippen molar-refractivity contribution in [2.75, 3.05) is 6.54 Å². The van der Waals surface area contributed by atoms with E-state index in [0.29, 0.717) is 18.2 Å². The van der Waals surface area contributed by atoms with Crippen molar-refractivity contribution in [1.82, 2.24) is 14.9 Å². The molecule has 2 rings (SSSR count). The summed E-state index contributed by atoms with van der Waals surface area (Å²) in [7, 11) is 1.89. The van der Waals surface area contributed by atoms with Crippen molar-refractivity contribution in [3.05, 3.63) is 17.2 Å². The van der Waals surface area contributed by atoms with Crippen LogP contribution < -0.4 is 5.32 Å². The zero-order valence-corrected chi connectivity index (χ0v) is 11.9. The molecule has 0 amide bonds. The summed E-state index contributed by atoms with van der Waals surface area (Å²) in [6.07, 6.45) is 5.67. The first-order chi connectivity index (χ1) is 8.50. The second-order valence-corrected chi connectivity index (χ2v) is 5.95. The summed E-state index contributed by atoms with van der Waals surface area (Å²) in [5.74, 6) is 1.64. The molecule has 1 aromatic heterocycles. The Morgan fingerprint density at radius 1 is 1.56 bits per heavy atom. The van der Waals surface area contributed by atoms with Gasteiger partial charge in [0.25, 0.3) is 0 Å². The lowest BCUT2D eigenvalue weighted by Crippen LogP contribution is -2.43. The maximum absolute atomic E-state index is 10.4. The molecule has 2 N–H and O–H groups in total. The van der Waals surface area contributed by atoms with Gasteiger partial charge in [0.2, 0.25) is 0 Å². The van der Waals surface area contributed by atoms with E-state index in [4.69, 9.17) is 11.6 Å². The van der Waals surface area contributed by atoms with Gasteiger partial charge in [-0.15, -0.1) is 0 Å². The van der Waals surface area contributed by atoms with Crippen LogP contribution in [-0.2, 0) is 13.6 Å². The van der Waals surface area contributed by atoms with Crippen LogP contribution in [0.4, 0.5) is 0 Å². The van der Waals surface area contributed by atoms with Crippen LogP contribution in [0.5, 0.6) is 0 Å². The van der Waals surface area contributed by atoms with Crippen LogP contribution in [0, 0.1) is 5.92 Å². The van der Waals surface area contributed by atoms with Gasteiger partial charge in [0.15, 0.2) is 0 Å². The van der Waals surface area contributed by atoms with Gasteiger partial charge in [0.05, 0.1) is 18.3 Å². The second kappa shape index (κ2) is 5.59. The predicted molar refractivity (Wildman–Crippen MR) is 72.5 cm³/mol. The van der Waals surface area contributed by atoms with E-state index in [-0.39, 0.29) is 0 Å². The maximum atomic E-state index is 10.4. The summed E-state index contributed by atoms with van der Waals surface area (Å²) >= 11 is 5.92. The molecule has 0 atom stereocenters. The van der Waals surface area contributed by atoms with Gasteiger partial charge in [-0.25, -0.2) is 4.98 Å². The number of nitrogens with zero attached hydrogens (tertiary/aromatic N) is 2. The molecule has 0 radical (unpaired) electrons. The minimum absolute atomic E-state index is 0.540. The number of nitrogens with one attached hydrogen (secondary N) is 1. The topological polar surface area (TPSA) is 50.1 Å². The van der Waals surface area contributed by atoms with E-state index in [1.165, 1.54) is 0 Å². The van der Waals surface area contributed by atoms with Crippen molar-refractivity contribution in [2.45, 2.75) is 44.8 Å². The van der Waals surface area contributed by atoms with Crippen molar-refractivity contribution in [2.24, 2.45) is 13.0 Å². The lowest BCUT2D eigenvalue weighted by molar-refractivity contribution is -0.00644. The molecule has 4 nitrogen and oxygen atoms in total. The summed E-state index contributed by atoms with van der Waals surface area (Å²) in [5.41, 5.74) is -0.540. The first-order valence-electron chi connectivity index (χ1n) is 6.59. The third-order valence-corrected chi connectivity index (χ3v) is 4.32. The summed E-state index contributed by atoms with van der Waals surface area (Å²) in [6.45, 7) is 3.52. The molecule has 0 spiro atoms. The molecular formula is C13H22ClN3O. The van der Waals surface area contributed by atoms with Gasteiger partial charge in [-0.1, -0.05) is 18.5 Å². The fraction of sp³-hybridized carbons (Fsp3) is 0.769. The van der Waals surface area contributed by atoms with Crippen LogP contribution in [0.25, 0.3) is 0 Å². The monoisotopic (exact) mass is 271 g/mol. The molecule has 1 saturated carbocycles. The van der Waals surface area contributed by atoms with Crippen LogP contribution in [0.1, 0.15) is 38.4 Å². The highest BCUT2D eigenvalue weighted by molar-refractivity contribution is 6.29. The number of hydrogen-bond acceptors (Lipinski definition) is 3. The van der Waals surface area contributed by atoms with Crippen LogP contribution in [-0.4, -0.2) is 26.8 Å². The number of imidazole rings is 1. The molecule has 1 fully saturated rings. The molecule has 1 aromatic rings. The summed E-state index contributed by atoms with van der Waals surface area (Å²) in [4.78, 5) is 4.22. The third kappa shape index (κ3) is 3.25. The Bertz CT molecular complexity index is 397. The van der Waals surface area contributed by atoms with E-state index in [0.717, 1.165) is 37.4 Å². The highest BCUT2D eigenvalue weighted by Crippen LogP contribution is 2.31. The molecule has 1 heterocycles. The van der Waals surface area contributed by atoms with E-state index in [9.17, 15) is 5.11 Å². The van der Waals surface area contributed by atoms with Crippen molar-refractivity contribution in [3.63, 3.8) is 0 Å². The number of aromatic nitrogens is 2. The first-order valence-corrected chi connectivity index (χ1v) is 6.97. The van der Waals surface area contributed by atoms with Crippen LogP contribution in [0.2, 0.25) is 5.15 Å². The standard InChI is InChI=1S/C13H22ClN3O/c1-10-3-5-13(18,6-4-10)9-15-8-12-16-7-11(14)17(12)2/h7,10,15,18H,3-6,8-9H2,1-2H3. The van der Waals surface area contributed by atoms with E-state index in [1.807, 2.05) is 11.6 Å². The van der Waals surface area contributed by atoms with Gasteiger partial charge in [-0.05, 0) is 31.6 Å². The van der Waals surface area contributed by atoms with Crippen LogP contribution in [0.3, 0.4) is 0 Å². The molecule has 102 valence electrons. The summed E-state index contributed by atoms with van der Waals surface area (Å²) < 4.78 is 1.85. The van der Waals surface area contributed by atoms with Crippen LogP contribution >= 0.6 is 11.6 Å².